The maximum atomic E-state index is 11.1. The lowest BCUT2D eigenvalue weighted by Crippen LogP contribution is -2.53. The Morgan fingerprint density at radius 3 is 2.79 bits per heavy atom. The molecular weight excluding hydrogens is 438 g/mol. The molecule has 1 atom stereocenters. The Labute approximate surface area is 195 Å². The van der Waals surface area contributed by atoms with Crippen LogP contribution in [0.2, 0.25) is 0 Å². The molecule has 0 amide bonds. The van der Waals surface area contributed by atoms with E-state index in [2.05, 4.69) is 38.1 Å². The second kappa shape index (κ2) is 9.40. The van der Waals surface area contributed by atoms with Crippen LogP contribution in [0.5, 0.6) is 0 Å². The third kappa shape index (κ3) is 4.40. The maximum absolute atomic E-state index is 11.1. The van der Waals surface area contributed by atoms with Crippen molar-refractivity contribution in [2.45, 2.75) is 39.3 Å². The van der Waals surface area contributed by atoms with Gasteiger partial charge in [-0.05, 0) is 36.8 Å². The van der Waals surface area contributed by atoms with E-state index in [4.69, 9.17) is 9.82 Å². The van der Waals surface area contributed by atoms with Gasteiger partial charge in [-0.15, -0.1) is 16.4 Å². The first-order chi connectivity index (χ1) is 16.2. The van der Waals surface area contributed by atoms with E-state index in [1.807, 2.05) is 31.2 Å². The summed E-state index contributed by atoms with van der Waals surface area (Å²) in [5, 5.41) is 9.47. The lowest BCUT2D eigenvalue weighted by Gasteiger charge is -2.39. The van der Waals surface area contributed by atoms with Crippen LogP contribution in [-0.2, 0) is 11.2 Å². The molecule has 0 aliphatic carbocycles. The number of piperazine rings is 1. The van der Waals surface area contributed by atoms with E-state index in [1.54, 1.807) is 11.3 Å². The van der Waals surface area contributed by atoms with E-state index < -0.39 is 0 Å². The van der Waals surface area contributed by atoms with E-state index >= 15 is 0 Å². The Hall–Kier alpha value is -3.11. The van der Waals surface area contributed by atoms with Crippen LogP contribution in [0.4, 0.5) is 5.82 Å². The molecule has 4 heterocycles. The zero-order valence-electron chi connectivity index (χ0n) is 18.8. The van der Waals surface area contributed by atoms with Crippen LogP contribution in [-0.4, -0.2) is 68.7 Å². The number of para-hydroxylation sites is 1. The van der Waals surface area contributed by atoms with Crippen molar-refractivity contribution in [1.82, 2.24) is 30.0 Å². The molecule has 33 heavy (non-hydrogen) atoms. The average molecular weight is 466 g/mol. The number of anilines is 1. The number of aromatic nitrogens is 5. The van der Waals surface area contributed by atoms with Gasteiger partial charge in [-0.25, -0.2) is 9.97 Å². The minimum atomic E-state index is -0.262. The van der Waals surface area contributed by atoms with Crippen molar-refractivity contribution in [3.63, 3.8) is 0 Å². The first-order valence-corrected chi connectivity index (χ1v) is 12.1. The number of rotatable bonds is 8. The predicted molar refractivity (Wildman–Crippen MR) is 129 cm³/mol. The summed E-state index contributed by atoms with van der Waals surface area (Å²) in [7, 11) is 0. The number of aryl methyl sites for hydroxylation is 2. The molecule has 1 aliphatic heterocycles. The maximum Gasteiger partial charge on any atom is 0.181 e. The SMILES string of the molecule is CCc1cc2c(N3CCN(C(CCC=O)On4nnc5ccccc54)CC3)nc(C)nc2s1. The van der Waals surface area contributed by atoms with Gasteiger partial charge >= 0.3 is 0 Å². The van der Waals surface area contributed by atoms with Gasteiger partial charge in [-0.1, -0.05) is 23.9 Å². The van der Waals surface area contributed by atoms with Gasteiger partial charge in [0.25, 0.3) is 0 Å². The van der Waals surface area contributed by atoms with Gasteiger partial charge in [-0.2, -0.15) is 0 Å². The highest BCUT2D eigenvalue weighted by Crippen LogP contribution is 2.32. The highest BCUT2D eigenvalue weighted by Gasteiger charge is 2.28. The number of nitrogens with zero attached hydrogens (tertiary/aromatic N) is 7. The van der Waals surface area contributed by atoms with E-state index in [9.17, 15) is 4.79 Å². The smallest absolute Gasteiger partial charge is 0.181 e. The van der Waals surface area contributed by atoms with E-state index in [0.29, 0.717) is 12.8 Å². The molecule has 1 aromatic carbocycles. The monoisotopic (exact) mass is 465 g/mol. The van der Waals surface area contributed by atoms with Gasteiger partial charge in [0.2, 0.25) is 0 Å². The summed E-state index contributed by atoms with van der Waals surface area (Å²) in [6, 6.07) is 9.92. The van der Waals surface area contributed by atoms with Crippen molar-refractivity contribution in [2.75, 3.05) is 31.1 Å². The molecule has 172 valence electrons. The second-order valence-corrected chi connectivity index (χ2v) is 9.27. The summed E-state index contributed by atoms with van der Waals surface area (Å²) in [6.45, 7) is 7.36. The number of carbonyl (C=O) groups excluding carboxylic acids is 1. The van der Waals surface area contributed by atoms with Gasteiger partial charge in [0.15, 0.2) is 6.23 Å². The van der Waals surface area contributed by atoms with Crippen LogP contribution < -0.4 is 9.74 Å². The molecule has 0 radical (unpaired) electrons. The summed E-state index contributed by atoms with van der Waals surface area (Å²) >= 11 is 1.75. The van der Waals surface area contributed by atoms with Crippen molar-refractivity contribution in [1.29, 1.82) is 0 Å². The number of aldehydes is 1. The average Bonchev–Trinajstić information content (AvgIpc) is 3.45. The molecular formula is C23H27N7O2S. The van der Waals surface area contributed by atoms with Gasteiger partial charge in [-0.3, -0.25) is 4.90 Å². The van der Waals surface area contributed by atoms with Crippen LogP contribution in [0.1, 0.15) is 30.5 Å². The Kier molecular flexibility index (Phi) is 6.19. The van der Waals surface area contributed by atoms with Gasteiger partial charge < -0.3 is 14.5 Å². The van der Waals surface area contributed by atoms with Crippen LogP contribution >= 0.6 is 11.3 Å². The van der Waals surface area contributed by atoms with Crippen molar-refractivity contribution in [2.24, 2.45) is 0 Å². The number of fused-ring (bicyclic) bond motifs is 2. The summed E-state index contributed by atoms with van der Waals surface area (Å²) in [5.74, 6) is 1.82. The number of benzene rings is 1. The van der Waals surface area contributed by atoms with Crippen LogP contribution in [0.15, 0.2) is 30.3 Å². The number of hydrogen-bond donors (Lipinski definition) is 0. The number of hydrogen-bond acceptors (Lipinski definition) is 9. The third-order valence-corrected chi connectivity index (χ3v) is 7.15. The Morgan fingerprint density at radius 1 is 1.18 bits per heavy atom. The first kappa shape index (κ1) is 21.7. The van der Waals surface area contributed by atoms with E-state index in [-0.39, 0.29) is 6.23 Å². The minimum Gasteiger partial charge on any atom is -0.375 e. The summed E-state index contributed by atoms with van der Waals surface area (Å²) in [4.78, 5) is 35.2. The van der Waals surface area contributed by atoms with Crippen molar-refractivity contribution < 1.29 is 9.63 Å². The lowest BCUT2D eigenvalue weighted by molar-refractivity contribution is -0.111. The Morgan fingerprint density at radius 2 is 2.00 bits per heavy atom. The fraction of sp³-hybridized carbons (Fsp3) is 0.435. The molecule has 5 rings (SSSR count). The van der Waals surface area contributed by atoms with Gasteiger partial charge in [0.1, 0.15) is 33.8 Å². The van der Waals surface area contributed by atoms with Crippen molar-refractivity contribution in [3.05, 3.63) is 41.0 Å². The molecule has 0 saturated carbocycles. The molecule has 0 bridgehead atoms. The predicted octanol–water partition coefficient (Wildman–Crippen LogP) is 2.86. The van der Waals surface area contributed by atoms with Crippen LogP contribution in [0.25, 0.3) is 21.3 Å². The number of carbonyl (C=O) groups is 1. The third-order valence-electron chi connectivity index (χ3n) is 5.98. The molecule has 10 heteroatoms. The largest absolute Gasteiger partial charge is 0.375 e. The molecule has 9 nitrogen and oxygen atoms in total. The van der Waals surface area contributed by atoms with E-state index in [1.165, 1.54) is 9.72 Å². The summed E-state index contributed by atoms with van der Waals surface area (Å²) < 4.78 is 0. The molecule has 4 aromatic rings. The van der Waals surface area contributed by atoms with Crippen molar-refractivity contribution in [3.8, 4) is 0 Å². The fourth-order valence-corrected chi connectivity index (χ4v) is 5.26. The molecule has 0 N–H and O–H groups in total. The van der Waals surface area contributed by atoms with Crippen LogP contribution in [0.3, 0.4) is 0 Å². The topological polar surface area (TPSA) is 89.3 Å². The quantitative estimate of drug-likeness (QED) is 0.367. The molecule has 0 spiro atoms. The molecule has 1 aliphatic rings. The van der Waals surface area contributed by atoms with E-state index in [0.717, 1.165) is 71.8 Å². The molecule has 1 saturated heterocycles. The molecule has 1 unspecified atom stereocenters. The highest BCUT2D eigenvalue weighted by atomic mass is 32.1. The normalized spacial score (nSPS) is 15.9. The molecule has 1 fully saturated rings. The summed E-state index contributed by atoms with van der Waals surface area (Å²) in [5.41, 5.74) is 1.59. The minimum absolute atomic E-state index is 0.262. The Bertz CT molecular complexity index is 1260. The molecule has 3 aromatic heterocycles. The zero-order valence-corrected chi connectivity index (χ0v) is 19.7. The second-order valence-electron chi connectivity index (χ2n) is 8.16. The fourth-order valence-electron chi connectivity index (χ4n) is 4.25. The Balaban J connectivity index is 1.33. The van der Waals surface area contributed by atoms with Gasteiger partial charge in [0.05, 0.1) is 5.39 Å². The lowest BCUT2D eigenvalue weighted by atomic mass is 10.2. The van der Waals surface area contributed by atoms with Gasteiger partial charge in [0, 0.05) is 43.9 Å². The highest BCUT2D eigenvalue weighted by molar-refractivity contribution is 7.18. The number of thiophene rings is 1. The first-order valence-electron chi connectivity index (χ1n) is 11.3. The summed E-state index contributed by atoms with van der Waals surface area (Å²) in [6.07, 6.45) is 2.70. The zero-order chi connectivity index (χ0) is 22.8. The standard InChI is InChI=1S/C23H27N7O2S/c1-3-17-15-18-22(24-16(2)25-23(18)33-17)29-12-10-28(11-13-29)21(9-6-14-31)32-30-20-8-5-4-7-19(20)26-27-30/h4-5,7-8,14-15,21H,3,6,9-13H2,1-2H3. The van der Waals surface area contributed by atoms with Crippen molar-refractivity contribution >= 4 is 44.7 Å². The van der Waals surface area contributed by atoms with Crippen LogP contribution in [0, 0.1) is 6.92 Å².